The number of aryl methyl sites for hydroxylation is 1. The number of piperidine rings is 1. The molecular formula is C23H29N3O4S. The van der Waals surface area contributed by atoms with Gasteiger partial charge in [0.25, 0.3) is 5.91 Å². The van der Waals surface area contributed by atoms with Crippen molar-refractivity contribution in [3.8, 4) is 0 Å². The molecule has 166 valence electrons. The standard InChI is InChI=1S/C23H29N3O4S/c1-17-5-7-19(8-6-17)16-31(28,29)26-13-11-23(18(2)15-26)10-9-21(30-23)22(27)25-20-4-3-12-24-14-20/h3-8,12,14,18,21H,9-11,13,15-16H2,1-2H3,(H,25,27)/t18-,21+,23-/m1/s1. The number of nitrogens with zero attached hydrogens (tertiary/aromatic N) is 2. The summed E-state index contributed by atoms with van der Waals surface area (Å²) in [6.45, 7) is 4.82. The smallest absolute Gasteiger partial charge is 0.253 e. The quantitative estimate of drug-likeness (QED) is 0.767. The molecule has 2 saturated heterocycles. The molecule has 1 spiro atoms. The van der Waals surface area contributed by atoms with Crippen molar-refractivity contribution in [2.24, 2.45) is 5.92 Å². The number of carbonyl (C=O) groups is 1. The summed E-state index contributed by atoms with van der Waals surface area (Å²) in [5.41, 5.74) is 2.09. The first-order valence-corrected chi connectivity index (χ1v) is 12.3. The second-order valence-corrected chi connectivity index (χ2v) is 10.7. The summed E-state index contributed by atoms with van der Waals surface area (Å²) in [7, 11) is -3.41. The van der Waals surface area contributed by atoms with Crippen molar-refractivity contribution >= 4 is 21.6 Å². The van der Waals surface area contributed by atoms with Crippen LogP contribution in [0.4, 0.5) is 5.69 Å². The van der Waals surface area contributed by atoms with Crippen LogP contribution in [0.2, 0.25) is 0 Å². The van der Waals surface area contributed by atoms with E-state index in [1.54, 1.807) is 28.8 Å². The Hall–Kier alpha value is -2.29. The van der Waals surface area contributed by atoms with E-state index in [0.29, 0.717) is 31.6 Å². The summed E-state index contributed by atoms with van der Waals surface area (Å²) in [6, 6.07) is 11.2. The van der Waals surface area contributed by atoms with Crippen LogP contribution in [0.3, 0.4) is 0 Å². The normalized spacial score (nSPS) is 26.8. The van der Waals surface area contributed by atoms with Gasteiger partial charge in [-0.25, -0.2) is 12.7 Å². The Labute approximate surface area is 183 Å². The van der Waals surface area contributed by atoms with E-state index in [1.165, 1.54) is 0 Å². The third kappa shape index (κ3) is 4.81. The molecular weight excluding hydrogens is 414 g/mol. The largest absolute Gasteiger partial charge is 0.362 e. The number of hydrogen-bond donors (Lipinski definition) is 1. The Morgan fingerprint density at radius 1 is 1.26 bits per heavy atom. The molecule has 2 aliphatic heterocycles. The molecule has 7 nitrogen and oxygen atoms in total. The summed E-state index contributed by atoms with van der Waals surface area (Å²) in [5, 5.41) is 2.85. The van der Waals surface area contributed by atoms with Crippen LogP contribution in [0.5, 0.6) is 0 Å². The Kier molecular flexibility index (Phi) is 6.14. The summed E-state index contributed by atoms with van der Waals surface area (Å²) < 4.78 is 33.8. The van der Waals surface area contributed by atoms with E-state index in [1.807, 2.05) is 38.1 Å². The summed E-state index contributed by atoms with van der Waals surface area (Å²) in [6.07, 6.45) is 4.70. The molecule has 2 fully saturated rings. The van der Waals surface area contributed by atoms with Crippen LogP contribution >= 0.6 is 0 Å². The SMILES string of the molecule is Cc1ccc(CS(=O)(=O)N2CC[C@]3(CC[C@@H](C(=O)Nc4cccnc4)O3)[C@H](C)C2)cc1. The lowest BCUT2D eigenvalue weighted by Crippen LogP contribution is -2.53. The van der Waals surface area contributed by atoms with Gasteiger partial charge in [-0.15, -0.1) is 0 Å². The number of hydrogen-bond acceptors (Lipinski definition) is 5. The zero-order valence-electron chi connectivity index (χ0n) is 18.0. The Balaban J connectivity index is 1.37. The summed E-state index contributed by atoms with van der Waals surface area (Å²) >= 11 is 0. The fraction of sp³-hybridized carbons (Fsp3) is 0.478. The first-order chi connectivity index (χ1) is 14.8. The predicted molar refractivity (Wildman–Crippen MR) is 119 cm³/mol. The van der Waals surface area contributed by atoms with E-state index < -0.39 is 21.7 Å². The van der Waals surface area contributed by atoms with E-state index in [2.05, 4.69) is 10.3 Å². The van der Waals surface area contributed by atoms with Gasteiger partial charge < -0.3 is 10.1 Å². The zero-order chi connectivity index (χ0) is 22.1. The molecule has 0 aliphatic carbocycles. The third-order valence-corrected chi connectivity index (χ3v) is 8.27. The Bertz CT molecular complexity index is 1030. The third-order valence-electron chi connectivity index (χ3n) is 6.45. The first kappa shape index (κ1) is 21.9. The van der Waals surface area contributed by atoms with E-state index in [9.17, 15) is 13.2 Å². The van der Waals surface area contributed by atoms with Crippen LogP contribution < -0.4 is 5.32 Å². The number of sulfonamides is 1. The average Bonchev–Trinajstić information content (AvgIpc) is 3.18. The molecule has 1 N–H and O–H groups in total. The minimum atomic E-state index is -3.41. The van der Waals surface area contributed by atoms with Crippen molar-refractivity contribution < 1.29 is 17.9 Å². The predicted octanol–water partition coefficient (Wildman–Crippen LogP) is 3.12. The monoisotopic (exact) mass is 443 g/mol. The van der Waals surface area contributed by atoms with Gasteiger partial charge in [0.15, 0.2) is 0 Å². The number of rotatable bonds is 5. The van der Waals surface area contributed by atoms with Crippen molar-refractivity contribution in [3.05, 3.63) is 59.9 Å². The average molecular weight is 444 g/mol. The van der Waals surface area contributed by atoms with Gasteiger partial charge in [0, 0.05) is 19.3 Å². The number of anilines is 1. The van der Waals surface area contributed by atoms with Crippen LogP contribution in [-0.2, 0) is 25.3 Å². The van der Waals surface area contributed by atoms with Gasteiger partial charge in [0.2, 0.25) is 10.0 Å². The van der Waals surface area contributed by atoms with Crippen molar-refractivity contribution in [1.29, 1.82) is 0 Å². The van der Waals surface area contributed by atoms with Gasteiger partial charge in [-0.2, -0.15) is 0 Å². The van der Waals surface area contributed by atoms with Crippen LogP contribution in [0.1, 0.15) is 37.3 Å². The molecule has 2 aromatic rings. The highest BCUT2D eigenvalue weighted by Gasteiger charge is 2.50. The molecule has 1 aromatic heterocycles. The fourth-order valence-electron chi connectivity index (χ4n) is 4.53. The molecule has 0 radical (unpaired) electrons. The van der Waals surface area contributed by atoms with E-state index in [0.717, 1.165) is 17.5 Å². The fourth-order valence-corrected chi connectivity index (χ4v) is 6.15. The van der Waals surface area contributed by atoms with Crippen LogP contribution in [0.25, 0.3) is 0 Å². The molecule has 8 heteroatoms. The second kappa shape index (κ2) is 8.68. The lowest BCUT2D eigenvalue weighted by molar-refractivity contribution is -0.140. The number of nitrogens with one attached hydrogen (secondary N) is 1. The zero-order valence-corrected chi connectivity index (χ0v) is 18.8. The van der Waals surface area contributed by atoms with Crippen LogP contribution in [0.15, 0.2) is 48.8 Å². The van der Waals surface area contributed by atoms with E-state index in [-0.39, 0.29) is 17.6 Å². The maximum absolute atomic E-state index is 13.0. The molecule has 0 unspecified atom stereocenters. The van der Waals surface area contributed by atoms with Crippen LogP contribution in [0, 0.1) is 12.8 Å². The molecule has 0 bridgehead atoms. The molecule has 3 atom stereocenters. The molecule has 1 aromatic carbocycles. The first-order valence-electron chi connectivity index (χ1n) is 10.7. The molecule has 0 saturated carbocycles. The highest BCUT2D eigenvalue weighted by molar-refractivity contribution is 7.88. The van der Waals surface area contributed by atoms with Gasteiger partial charge in [-0.05, 0) is 49.8 Å². The minimum Gasteiger partial charge on any atom is -0.362 e. The Morgan fingerprint density at radius 2 is 2.03 bits per heavy atom. The Morgan fingerprint density at radius 3 is 2.71 bits per heavy atom. The van der Waals surface area contributed by atoms with E-state index >= 15 is 0 Å². The van der Waals surface area contributed by atoms with Gasteiger partial charge in [0.05, 0.1) is 23.2 Å². The molecule has 31 heavy (non-hydrogen) atoms. The van der Waals surface area contributed by atoms with Gasteiger partial charge in [-0.3, -0.25) is 9.78 Å². The van der Waals surface area contributed by atoms with Gasteiger partial charge >= 0.3 is 0 Å². The maximum atomic E-state index is 13.0. The number of carbonyl (C=O) groups excluding carboxylic acids is 1. The second-order valence-electron chi connectivity index (χ2n) is 8.69. The topological polar surface area (TPSA) is 88.6 Å². The van der Waals surface area contributed by atoms with Crippen molar-refractivity contribution in [2.45, 2.75) is 50.6 Å². The number of benzene rings is 1. The molecule has 3 heterocycles. The lowest BCUT2D eigenvalue weighted by Gasteiger charge is -2.43. The number of pyridine rings is 1. The van der Waals surface area contributed by atoms with E-state index in [4.69, 9.17) is 4.74 Å². The number of aromatic nitrogens is 1. The maximum Gasteiger partial charge on any atom is 0.253 e. The summed E-state index contributed by atoms with van der Waals surface area (Å²) in [5.74, 6) is -0.166. The van der Waals surface area contributed by atoms with Crippen molar-refractivity contribution in [3.63, 3.8) is 0 Å². The number of ether oxygens (including phenoxy) is 1. The van der Waals surface area contributed by atoms with Gasteiger partial charge in [0.1, 0.15) is 6.10 Å². The van der Waals surface area contributed by atoms with Crippen LogP contribution in [-0.4, -0.2) is 48.4 Å². The van der Waals surface area contributed by atoms with Gasteiger partial charge in [-0.1, -0.05) is 36.8 Å². The minimum absolute atomic E-state index is 0.00397. The lowest BCUT2D eigenvalue weighted by atomic mass is 9.81. The van der Waals surface area contributed by atoms with Crippen molar-refractivity contribution in [1.82, 2.24) is 9.29 Å². The number of amides is 1. The highest BCUT2D eigenvalue weighted by Crippen LogP contribution is 2.43. The van der Waals surface area contributed by atoms with Crippen molar-refractivity contribution in [2.75, 3.05) is 18.4 Å². The molecule has 4 rings (SSSR count). The summed E-state index contributed by atoms with van der Waals surface area (Å²) in [4.78, 5) is 16.6. The highest BCUT2D eigenvalue weighted by atomic mass is 32.2. The molecule has 1 amide bonds. The molecule has 2 aliphatic rings.